The predicted octanol–water partition coefficient (Wildman–Crippen LogP) is 2.74. The van der Waals surface area contributed by atoms with Gasteiger partial charge in [0.2, 0.25) is 0 Å². The van der Waals surface area contributed by atoms with Crippen molar-refractivity contribution in [1.29, 1.82) is 0 Å². The van der Waals surface area contributed by atoms with Crippen molar-refractivity contribution in [1.82, 2.24) is 19.6 Å². The van der Waals surface area contributed by atoms with E-state index in [0.29, 0.717) is 0 Å². The van der Waals surface area contributed by atoms with Gasteiger partial charge in [-0.2, -0.15) is 5.10 Å². The van der Waals surface area contributed by atoms with E-state index in [1.54, 1.807) is 10.8 Å². The first-order valence-electron chi connectivity index (χ1n) is 6.13. The molecule has 0 aliphatic heterocycles. The molecule has 2 heterocycles. The maximum absolute atomic E-state index is 4.50. The smallest absolute Gasteiger partial charge is 0.159 e. The third-order valence-corrected chi connectivity index (χ3v) is 2.82. The van der Waals surface area contributed by atoms with Crippen LogP contribution < -0.4 is 0 Å². The van der Waals surface area contributed by atoms with E-state index in [0.717, 1.165) is 35.6 Å². The van der Waals surface area contributed by atoms with E-state index in [9.17, 15) is 0 Å². The maximum Gasteiger partial charge on any atom is 0.159 e. The zero-order valence-corrected chi connectivity index (χ0v) is 10.2. The van der Waals surface area contributed by atoms with E-state index < -0.39 is 0 Å². The van der Waals surface area contributed by atoms with Crippen molar-refractivity contribution in [2.45, 2.75) is 19.8 Å². The Hall–Kier alpha value is -2.23. The van der Waals surface area contributed by atoms with Crippen molar-refractivity contribution < 1.29 is 0 Å². The lowest BCUT2D eigenvalue weighted by atomic mass is 10.2. The highest BCUT2D eigenvalue weighted by Crippen LogP contribution is 2.18. The molecule has 0 atom stereocenters. The van der Waals surface area contributed by atoms with Crippen molar-refractivity contribution in [3.05, 3.63) is 48.5 Å². The molecule has 4 nitrogen and oxygen atoms in total. The monoisotopic (exact) mass is 238 g/mol. The van der Waals surface area contributed by atoms with Gasteiger partial charge in [0.1, 0.15) is 12.2 Å². The van der Waals surface area contributed by atoms with E-state index in [1.807, 2.05) is 36.4 Å². The van der Waals surface area contributed by atoms with Gasteiger partial charge in [0.05, 0.1) is 5.69 Å². The average Bonchev–Trinajstić information content (AvgIpc) is 2.83. The third-order valence-electron chi connectivity index (χ3n) is 2.82. The second-order valence-corrected chi connectivity index (χ2v) is 4.22. The van der Waals surface area contributed by atoms with Gasteiger partial charge < -0.3 is 0 Å². The van der Waals surface area contributed by atoms with Gasteiger partial charge in [-0.25, -0.2) is 14.5 Å². The standard InChI is InChI=1S/C14H14N4/c1-2-6-13-15-10-18-14(16-13)9-12(17-18)11-7-4-3-5-8-11/h3-5,7-10H,2,6H2,1H3. The molecule has 0 saturated heterocycles. The molecular weight excluding hydrogens is 224 g/mol. The van der Waals surface area contributed by atoms with E-state index >= 15 is 0 Å². The van der Waals surface area contributed by atoms with Crippen LogP contribution in [0.5, 0.6) is 0 Å². The van der Waals surface area contributed by atoms with Crippen LogP contribution in [-0.4, -0.2) is 19.6 Å². The van der Waals surface area contributed by atoms with Gasteiger partial charge in [0.25, 0.3) is 0 Å². The molecule has 18 heavy (non-hydrogen) atoms. The molecule has 0 spiro atoms. The highest BCUT2D eigenvalue weighted by Gasteiger charge is 2.06. The summed E-state index contributed by atoms with van der Waals surface area (Å²) >= 11 is 0. The molecule has 4 heteroatoms. The maximum atomic E-state index is 4.50. The van der Waals surface area contributed by atoms with Gasteiger partial charge >= 0.3 is 0 Å². The summed E-state index contributed by atoms with van der Waals surface area (Å²) in [6.45, 7) is 2.12. The summed E-state index contributed by atoms with van der Waals surface area (Å²) < 4.78 is 1.72. The minimum Gasteiger partial charge on any atom is -0.221 e. The molecule has 0 fully saturated rings. The van der Waals surface area contributed by atoms with Gasteiger partial charge in [-0.15, -0.1) is 0 Å². The molecule has 0 radical (unpaired) electrons. The first kappa shape index (κ1) is 10.9. The second-order valence-electron chi connectivity index (χ2n) is 4.22. The van der Waals surface area contributed by atoms with Crippen molar-refractivity contribution in [3.8, 4) is 11.3 Å². The van der Waals surface area contributed by atoms with E-state index in [-0.39, 0.29) is 0 Å². The Labute approximate surface area is 105 Å². The Morgan fingerprint density at radius 3 is 2.78 bits per heavy atom. The van der Waals surface area contributed by atoms with Crippen molar-refractivity contribution >= 4 is 5.65 Å². The van der Waals surface area contributed by atoms with Crippen molar-refractivity contribution in [2.24, 2.45) is 0 Å². The van der Waals surface area contributed by atoms with Crippen LogP contribution in [-0.2, 0) is 6.42 Å². The number of aryl methyl sites for hydroxylation is 1. The molecule has 0 amide bonds. The molecule has 3 aromatic rings. The van der Waals surface area contributed by atoms with E-state index in [4.69, 9.17) is 0 Å². The Kier molecular flexibility index (Phi) is 2.76. The Balaban J connectivity index is 2.06. The summed E-state index contributed by atoms with van der Waals surface area (Å²) in [7, 11) is 0. The first-order valence-corrected chi connectivity index (χ1v) is 6.13. The first-order chi connectivity index (χ1) is 8.86. The van der Waals surface area contributed by atoms with Gasteiger partial charge in [0.15, 0.2) is 5.65 Å². The molecule has 0 bridgehead atoms. The van der Waals surface area contributed by atoms with Crippen LogP contribution in [0.25, 0.3) is 16.9 Å². The number of fused-ring (bicyclic) bond motifs is 1. The van der Waals surface area contributed by atoms with Crippen molar-refractivity contribution in [3.63, 3.8) is 0 Å². The number of rotatable bonds is 3. The minimum atomic E-state index is 0.854. The molecule has 1 aromatic carbocycles. The largest absolute Gasteiger partial charge is 0.221 e. The minimum absolute atomic E-state index is 0.854. The highest BCUT2D eigenvalue weighted by molar-refractivity contribution is 5.63. The van der Waals surface area contributed by atoms with Crippen LogP contribution in [0, 0.1) is 0 Å². The van der Waals surface area contributed by atoms with E-state index in [1.165, 1.54) is 0 Å². The number of hydrogen-bond acceptors (Lipinski definition) is 3. The molecule has 2 aromatic heterocycles. The normalized spacial score (nSPS) is 10.9. The molecule has 0 aliphatic rings. The van der Waals surface area contributed by atoms with Crippen LogP contribution in [0.4, 0.5) is 0 Å². The Morgan fingerprint density at radius 2 is 2.00 bits per heavy atom. The number of nitrogens with zero attached hydrogens (tertiary/aromatic N) is 4. The fourth-order valence-corrected chi connectivity index (χ4v) is 1.93. The topological polar surface area (TPSA) is 43.1 Å². The molecule has 0 N–H and O–H groups in total. The van der Waals surface area contributed by atoms with Crippen molar-refractivity contribution in [2.75, 3.05) is 0 Å². The van der Waals surface area contributed by atoms with E-state index in [2.05, 4.69) is 22.0 Å². The van der Waals surface area contributed by atoms with Gasteiger partial charge in [-0.05, 0) is 6.42 Å². The van der Waals surface area contributed by atoms with Crippen LogP contribution in [0.1, 0.15) is 19.2 Å². The predicted molar refractivity (Wildman–Crippen MR) is 70.2 cm³/mol. The Morgan fingerprint density at radius 1 is 1.17 bits per heavy atom. The molecule has 0 aliphatic carbocycles. The molecular formula is C14H14N4. The lowest BCUT2D eigenvalue weighted by Crippen LogP contribution is -1.98. The Bertz CT molecular complexity index is 658. The summed E-state index contributed by atoms with van der Waals surface area (Å²) in [6.07, 6.45) is 3.69. The van der Waals surface area contributed by atoms with Crippen LogP contribution in [0.15, 0.2) is 42.7 Å². The molecule has 0 saturated carbocycles. The van der Waals surface area contributed by atoms with Crippen LogP contribution in [0.2, 0.25) is 0 Å². The van der Waals surface area contributed by atoms with Gasteiger partial charge in [-0.3, -0.25) is 0 Å². The summed E-state index contributed by atoms with van der Waals surface area (Å²) in [6, 6.07) is 12.1. The van der Waals surface area contributed by atoms with Gasteiger partial charge in [-0.1, -0.05) is 37.3 Å². The fourth-order valence-electron chi connectivity index (χ4n) is 1.93. The molecule has 90 valence electrons. The molecule has 0 unspecified atom stereocenters. The summed E-state index contributed by atoms with van der Waals surface area (Å²) in [5.74, 6) is 0.879. The number of benzene rings is 1. The second kappa shape index (κ2) is 4.56. The quantitative estimate of drug-likeness (QED) is 0.704. The van der Waals surface area contributed by atoms with Gasteiger partial charge in [0, 0.05) is 18.1 Å². The average molecular weight is 238 g/mol. The number of hydrogen-bond donors (Lipinski definition) is 0. The summed E-state index contributed by atoms with van der Waals surface area (Å²) in [5, 5.41) is 4.48. The lowest BCUT2D eigenvalue weighted by molar-refractivity contribution is 0.796. The highest BCUT2D eigenvalue weighted by atomic mass is 15.3. The molecule has 3 rings (SSSR count). The number of aromatic nitrogens is 4. The van der Waals surface area contributed by atoms with Crippen LogP contribution in [0.3, 0.4) is 0 Å². The zero-order chi connectivity index (χ0) is 12.4. The zero-order valence-electron chi connectivity index (χ0n) is 10.2. The van der Waals surface area contributed by atoms with Crippen LogP contribution >= 0.6 is 0 Å². The fraction of sp³-hybridized carbons (Fsp3) is 0.214. The SMILES string of the molecule is CCCc1ncn2nc(-c3ccccc3)cc2n1. The third kappa shape index (κ3) is 1.97. The summed E-state index contributed by atoms with van der Waals surface area (Å²) in [5.41, 5.74) is 2.88. The lowest BCUT2D eigenvalue weighted by Gasteiger charge is -1.96. The summed E-state index contributed by atoms with van der Waals surface area (Å²) in [4.78, 5) is 8.79.